The first-order valence-electron chi connectivity index (χ1n) is 8.31. The number of methoxy groups -OCH3 is 1. The van der Waals surface area contributed by atoms with Crippen molar-refractivity contribution in [1.29, 1.82) is 0 Å². The Balaban J connectivity index is 1.76. The predicted molar refractivity (Wildman–Crippen MR) is 84.9 cm³/mol. The van der Waals surface area contributed by atoms with E-state index < -0.39 is 10.0 Å². The van der Waals surface area contributed by atoms with Crippen molar-refractivity contribution in [3.8, 4) is 0 Å². The highest BCUT2D eigenvalue weighted by atomic mass is 32.2. The van der Waals surface area contributed by atoms with Crippen LogP contribution in [0.5, 0.6) is 0 Å². The molecule has 0 radical (unpaired) electrons. The van der Waals surface area contributed by atoms with Gasteiger partial charge in [0.1, 0.15) is 0 Å². The molecule has 6 heteroatoms. The van der Waals surface area contributed by atoms with E-state index in [4.69, 9.17) is 4.74 Å². The quantitative estimate of drug-likeness (QED) is 0.810. The normalized spacial score (nSPS) is 29.6. The molecule has 1 aliphatic carbocycles. The van der Waals surface area contributed by atoms with Crippen LogP contribution in [0, 0.1) is 0 Å². The maximum absolute atomic E-state index is 12.1. The second kappa shape index (κ2) is 7.90. The van der Waals surface area contributed by atoms with Crippen LogP contribution in [0.3, 0.4) is 0 Å². The molecule has 0 spiro atoms. The molecule has 0 bridgehead atoms. The van der Waals surface area contributed by atoms with Crippen molar-refractivity contribution in [2.75, 3.05) is 26.0 Å². The van der Waals surface area contributed by atoms with E-state index in [2.05, 4.69) is 5.32 Å². The Hall–Kier alpha value is -0.170. The average molecular weight is 318 g/mol. The zero-order chi connectivity index (χ0) is 15.3. The number of hydrogen-bond donors (Lipinski definition) is 1. The molecule has 2 aliphatic rings. The number of hydrogen-bond acceptors (Lipinski definition) is 4. The van der Waals surface area contributed by atoms with Crippen LogP contribution < -0.4 is 5.32 Å². The molecule has 0 amide bonds. The largest absolute Gasteiger partial charge is 0.381 e. The molecule has 2 unspecified atom stereocenters. The topological polar surface area (TPSA) is 58.6 Å². The zero-order valence-electron chi connectivity index (χ0n) is 13.4. The number of nitrogens with one attached hydrogen (secondary N) is 1. The monoisotopic (exact) mass is 318 g/mol. The van der Waals surface area contributed by atoms with Gasteiger partial charge in [-0.2, -0.15) is 0 Å². The maximum Gasteiger partial charge on any atom is 0.214 e. The third kappa shape index (κ3) is 4.91. The van der Waals surface area contributed by atoms with Crippen LogP contribution in [0.25, 0.3) is 0 Å². The highest BCUT2D eigenvalue weighted by molar-refractivity contribution is 7.89. The summed E-state index contributed by atoms with van der Waals surface area (Å²) in [5, 5.41) is 3.72. The first kappa shape index (κ1) is 17.2. The van der Waals surface area contributed by atoms with Gasteiger partial charge < -0.3 is 10.1 Å². The van der Waals surface area contributed by atoms with Crippen LogP contribution in [0.15, 0.2) is 0 Å². The fourth-order valence-corrected chi connectivity index (χ4v) is 5.07. The van der Waals surface area contributed by atoms with Crippen molar-refractivity contribution in [3.63, 3.8) is 0 Å². The van der Waals surface area contributed by atoms with Gasteiger partial charge in [0.15, 0.2) is 0 Å². The lowest BCUT2D eigenvalue weighted by Crippen LogP contribution is -2.49. The molecule has 0 aromatic heterocycles. The van der Waals surface area contributed by atoms with Crippen molar-refractivity contribution in [3.05, 3.63) is 0 Å². The summed E-state index contributed by atoms with van der Waals surface area (Å²) in [4.78, 5) is 0. The Morgan fingerprint density at radius 3 is 2.48 bits per heavy atom. The Labute approximate surface area is 129 Å². The molecule has 1 N–H and O–H groups in total. The molecule has 1 saturated heterocycles. The molecule has 124 valence electrons. The molecule has 0 aromatic rings. The minimum atomic E-state index is -3.02. The highest BCUT2D eigenvalue weighted by Gasteiger charge is 2.29. The van der Waals surface area contributed by atoms with Crippen molar-refractivity contribution in [2.24, 2.45) is 0 Å². The summed E-state index contributed by atoms with van der Waals surface area (Å²) in [5.74, 6) is 0.281. The van der Waals surface area contributed by atoms with Gasteiger partial charge in [-0.05, 0) is 44.9 Å². The fraction of sp³-hybridized carbons (Fsp3) is 1.00. The lowest BCUT2D eigenvalue weighted by atomic mass is 9.91. The Kier molecular flexibility index (Phi) is 6.47. The van der Waals surface area contributed by atoms with E-state index in [9.17, 15) is 8.42 Å². The summed E-state index contributed by atoms with van der Waals surface area (Å²) in [7, 11) is -1.22. The third-order valence-corrected chi connectivity index (χ3v) is 6.82. The second-order valence-electron chi connectivity index (χ2n) is 6.38. The van der Waals surface area contributed by atoms with Crippen LogP contribution in [-0.2, 0) is 14.8 Å². The number of rotatable bonds is 6. The second-order valence-corrected chi connectivity index (χ2v) is 8.47. The highest BCUT2D eigenvalue weighted by Crippen LogP contribution is 2.23. The van der Waals surface area contributed by atoms with Gasteiger partial charge in [0, 0.05) is 32.3 Å². The Bertz CT molecular complexity index is 405. The van der Waals surface area contributed by atoms with Gasteiger partial charge in [0.05, 0.1) is 11.9 Å². The van der Waals surface area contributed by atoms with E-state index in [1.807, 2.05) is 6.92 Å². The number of piperidine rings is 1. The van der Waals surface area contributed by atoms with E-state index >= 15 is 0 Å². The number of sulfonamides is 1. The van der Waals surface area contributed by atoms with Crippen molar-refractivity contribution >= 4 is 10.0 Å². The average Bonchev–Trinajstić information content (AvgIpc) is 2.48. The van der Waals surface area contributed by atoms with Crippen molar-refractivity contribution < 1.29 is 13.2 Å². The third-order valence-electron chi connectivity index (χ3n) is 4.74. The van der Waals surface area contributed by atoms with Gasteiger partial charge in [-0.25, -0.2) is 12.7 Å². The van der Waals surface area contributed by atoms with Crippen LogP contribution in [0.4, 0.5) is 0 Å². The van der Waals surface area contributed by atoms with Gasteiger partial charge in [-0.3, -0.25) is 0 Å². The number of nitrogens with zero attached hydrogens (tertiary/aromatic N) is 1. The molecule has 0 aromatic carbocycles. The minimum Gasteiger partial charge on any atom is -0.381 e. The van der Waals surface area contributed by atoms with Crippen LogP contribution in [-0.4, -0.2) is 56.9 Å². The first-order chi connectivity index (χ1) is 10.0. The molecule has 1 saturated carbocycles. The van der Waals surface area contributed by atoms with Crippen LogP contribution in [0.1, 0.15) is 51.9 Å². The Morgan fingerprint density at radius 1 is 1.14 bits per heavy atom. The summed E-state index contributed by atoms with van der Waals surface area (Å²) in [5.41, 5.74) is 0. The molecule has 21 heavy (non-hydrogen) atoms. The molecule has 2 rings (SSSR count). The van der Waals surface area contributed by atoms with Gasteiger partial charge >= 0.3 is 0 Å². The van der Waals surface area contributed by atoms with E-state index in [1.165, 1.54) is 19.3 Å². The summed E-state index contributed by atoms with van der Waals surface area (Å²) < 4.78 is 31.3. The van der Waals surface area contributed by atoms with E-state index in [-0.39, 0.29) is 5.75 Å². The first-order valence-corrected chi connectivity index (χ1v) is 9.92. The van der Waals surface area contributed by atoms with Gasteiger partial charge in [0.25, 0.3) is 0 Å². The van der Waals surface area contributed by atoms with Gasteiger partial charge in [-0.1, -0.05) is 6.92 Å². The van der Waals surface area contributed by atoms with Gasteiger partial charge in [-0.15, -0.1) is 0 Å². The summed E-state index contributed by atoms with van der Waals surface area (Å²) >= 11 is 0. The predicted octanol–water partition coefficient (Wildman–Crippen LogP) is 1.74. The minimum absolute atomic E-state index is 0.281. The maximum atomic E-state index is 12.1. The van der Waals surface area contributed by atoms with Crippen molar-refractivity contribution in [2.45, 2.75) is 70.1 Å². The SMILES string of the molecule is CCCS(=O)(=O)N1CCC(NC2CCCC(OC)C2)CC1. The molecule has 1 heterocycles. The molecule has 2 atom stereocenters. The summed E-state index contributed by atoms with van der Waals surface area (Å²) in [6, 6.07) is 0.992. The molecule has 2 fully saturated rings. The molecular formula is C15H30N2O3S. The lowest BCUT2D eigenvalue weighted by molar-refractivity contribution is 0.0555. The smallest absolute Gasteiger partial charge is 0.214 e. The molecular weight excluding hydrogens is 288 g/mol. The van der Waals surface area contributed by atoms with E-state index in [1.54, 1.807) is 11.4 Å². The Morgan fingerprint density at radius 2 is 1.86 bits per heavy atom. The standard InChI is InChI=1S/C15H30N2O3S/c1-3-11-21(18,19)17-9-7-13(8-10-17)16-14-5-4-6-15(12-14)20-2/h13-16H,3-12H2,1-2H3. The van der Waals surface area contributed by atoms with Crippen LogP contribution in [0.2, 0.25) is 0 Å². The van der Waals surface area contributed by atoms with Gasteiger partial charge in [0.2, 0.25) is 10.0 Å². The fourth-order valence-electron chi connectivity index (χ4n) is 3.53. The number of ether oxygens (including phenoxy) is 1. The van der Waals surface area contributed by atoms with Crippen molar-refractivity contribution in [1.82, 2.24) is 9.62 Å². The van der Waals surface area contributed by atoms with Crippen LogP contribution >= 0.6 is 0 Å². The van der Waals surface area contributed by atoms with E-state index in [0.717, 1.165) is 19.3 Å². The summed E-state index contributed by atoms with van der Waals surface area (Å²) in [6.07, 6.45) is 7.64. The zero-order valence-corrected chi connectivity index (χ0v) is 14.2. The molecule has 1 aliphatic heterocycles. The summed E-state index contributed by atoms with van der Waals surface area (Å²) in [6.45, 7) is 3.25. The lowest BCUT2D eigenvalue weighted by Gasteiger charge is -2.36. The van der Waals surface area contributed by atoms with E-state index in [0.29, 0.717) is 37.7 Å². The molecule has 5 nitrogen and oxygen atoms in total.